The first-order valence-corrected chi connectivity index (χ1v) is 8.85. The molecular formula is C20H31ClN2O3. The van der Waals surface area contributed by atoms with Crippen LogP contribution >= 0.6 is 12.4 Å². The number of nitrogens with one attached hydrogen (secondary N) is 1. The van der Waals surface area contributed by atoms with Gasteiger partial charge in [-0.2, -0.15) is 0 Å². The van der Waals surface area contributed by atoms with E-state index in [2.05, 4.69) is 5.32 Å². The quantitative estimate of drug-likeness (QED) is 0.643. The van der Waals surface area contributed by atoms with E-state index >= 15 is 0 Å². The van der Waals surface area contributed by atoms with Crippen molar-refractivity contribution in [1.82, 2.24) is 5.32 Å². The number of primary amides is 1. The van der Waals surface area contributed by atoms with Gasteiger partial charge >= 0.3 is 0 Å². The van der Waals surface area contributed by atoms with Gasteiger partial charge in [0.2, 0.25) is 11.7 Å². The minimum absolute atomic E-state index is 0. The highest BCUT2D eigenvalue weighted by Crippen LogP contribution is 2.24. The molecule has 2 amide bonds. The predicted octanol–water partition coefficient (Wildman–Crippen LogP) is 3.04. The minimum atomic E-state index is -0.742. The normalized spacial score (nSPS) is 13.2. The lowest BCUT2D eigenvalue weighted by Crippen LogP contribution is -2.48. The number of carbonyl (C=O) groups excluding carboxylic acids is 3. The molecule has 6 heteroatoms. The van der Waals surface area contributed by atoms with E-state index in [0.29, 0.717) is 12.8 Å². The number of amides is 2. The maximum Gasteiger partial charge on any atom is 0.288 e. The van der Waals surface area contributed by atoms with Crippen LogP contribution in [0.15, 0.2) is 30.3 Å². The van der Waals surface area contributed by atoms with Gasteiger partial charge in [-0.05, 0) is 39.2 Å². The first-order chi connectivity index (χ1) is 11.7. The minimum Gasteiger partial charge on any atom is -0.369 e. The second kappa shape index (κ2) is 11.0. The molecule has 0 aliphatic carbocycles. The molecule has 0 aliphatic heterocycles. The van der Waals surface area contributed by atoms with Gasteiger partial charge in [-0.3, -0.25) is 14.4 Å². The summed E-state index contributed by atoms with van der Waals surface area (Å²) in [6, 6.07) is 9.41. The van der Waals surface area contributed by atoms with E-state index < -0.39 is 35.0 Å². The largest absolute Gasteiger partial charge is 0.369 e. The molecule has 1 aromatic rings. The van der Waals surface area contributed by atoms with Gasteiger partial charge in [0.05, 0.1) is 0 Å². The van der Waals surface area contributed by atoms with Gasteiger partial charge in [-0.1, -0.05) is 50.1 Å². The molecule has 26 heavy (non-hydrogen) atoms. The Kier molecular flexibility index (Phi) is 10.2. The molecule has 146 valence electrons. The van der Waals surface area contributed by atoms with Crippen LogP contribution in [0.5, 0.6) is 0 Å². The highest BCUT2D eigenvalue weighted by molar-refractivity contribution is 6.37. The third-order valence-corrected chi connectivity index (χ3v) is 4.07. The van der Waals surface area contributed by atoms with Crippen LogP contribution in [0.4, 0.5) is 0 Å². The van der Waals surface area contributed by atoms with Gasteiger partial charge in [0.1, 0.15) is 0 Å². The summed E-state index contributed by atoms with van der Waals surface area (Å²) in [7, 11) is 0. The number of nitrogens with two attached hydrogens (primary N) is 1. The smallest absolute Gasteiger partial charge is 0.288 e. The number of Topliss-reactive ketones (excluding diaryl/α,β-unsaturated/α-hetero) is 1. The third kappa shape index (κ3) is 8.00. The Morgan fingerprint density at radius 3 is 2.12 bits per heavy atom. The zero-order chi connectivity index (χ0) is 19.0. The molecule has 3 N–H and O–H groups in total. The van der Waals surface area contributed by atoms with Crippen molar-refractivity contribution in [2.24, 2.45) is 17.6 Å². The number of rotatable bonds is 9. The Hall–Kier alpha value is -1.88. The summed E-state index contributed by atoms with van der Waals surface area (Å²) in [5.41, 5.74) is 5.97. The molecule has 0 fully saturated rings. The Bertz CT molecular complexity index is 597. The highest BCUT2D eigenvalue weighted by Gasteiger charge is 2.36. The second-order valence-corrected chi connectivity index (χ2v) is 7.52. The Morgan fingerprint density at radius 1 is 1.08 bits per heavy atom. The number of benzene rings is 1. The van der Waals surface area contributed by atoms with Crippen molar-refractivity contribution < 1.29 is 14.4 Å². The Labute approximate surface area is 162 Å². The van der Waals surface area contributed by atoms with Gasteiger partial charge in [-0.15, -0.1) is 12.4 Å². The van der Waals surface area contributed by atoms with Crippen LogP contribution in [-0.2, 0) is 20.8 Å². The summed E-state index contributed by atoms with van der Waals surface area (Å²) in [5.74, 6) is -3.13. The molecule has 0 radical (unpaired) electrons. The van der Waals surface area contributed by atoms with E-state index in [-0.39, 0.29) is 12.4 Å². The molecule has 0 aliphatic rings. The lowest BCUT2D eigenvalue weighted by atomic mass is 9.80. The van der Waals surface area contributed by atoms with Crippen molar-refractivity contribution in [3.63, 3.8) is 0 Å². The zero-order valence-electron chi connectivity index (χ0n) is 16.1. The van der Waals surface area contributed by atoms with Crippen LogP contribution in [0.2, 0.25) is 0 Å². The molecular weight excluding hydrogens is 352 g/mol. The molecule has 0 bridgehead atoms. The molecule has 1 aromatic carbocycles. The van der Waals surface area contributed by atoms with Gasteiger partial charge in [0.25, 0.3) is 5.91 Å². The van der Waals surface area contributed by atoms with Crippen molar-refractivity contribution >= 4 is 30.0 Å². The van der Waals surface area contributed by atoms with E-state index in [1.54, 1.807) is 0 Å². The second-order valence-electron chi connectivity index (χ2n) is 7.52. The number of hydrogen-bond donors (Lipinski definition) is 2. The fourth-order valence-corrected chi connectivity index (χ4v) is 2.82. The van der Waals surface area contributed by atoms with E-state index in [1.807, 2.05) is 58.0 Å². The van der Waals surface area contributed by atoms with Crippen molar-refractivity contribution in [1.29, 1.82) is 0 Å². The highest BCUT2D eigenvalue weighted by atomic mass is 35.5. The number of unbranched alkanes of at least 4 members (excludes halogenated alkanes) is 1. The number of carbonyl (C=O) groups is 3. The summed E-state index contributed by atoms with van der Waals surface area (Å²) in [6.07, 6.45) is 2.52. The average molecular weight is 383 g/mol. The molecule has 1 unspecified atom stereocenters. The first-order valence-electron chi connectivity index (χ1n) is 8.85. The Morgan fingerprint density at radius 2 is 1.65 bits per heavy atom. The number of ketones is 1. The monoisotopic (exact) mass is 382 g/mol. The first kappa shape index (κ1) is 24.1. The van der Waals surface area contributed by atoms with E-state index in [0.717, 1.165) is 18.4 Å². The van der Waals surface area contributed by atoms with E-state index in [9.17, 15) is 14.4 Å². The summed E-state index contributed by atoms with van der Waals surface area (Å²) < 4.78 is 0. The molecule has 0 heterocycles. The molecule has 0 spiro atoms. The lowest BCUT2D eigenvalue weighted by Gasteiger charge is -2.26. The maximum absolute atomic E-state index is 12.8. The predicted molar refractivity (Wildman–Crippen MR) is 106 cm³/mol. The number of halogens is 1. The van der Waals surface area contributed by atoms with Gasteiger partial charge in [0.15, 0.2) is 0 Å². The zero-order valence-corrected chi connectivity index (χ0v) is 16.9. The topological polar surface area (TPSA) is 89.3 Å². The Balaban J connectivity index is 0.00000625. The third-order valence-electron chi connectivity index (χ3n) is 4.07. The summed E-state index contributed by atoms with van der Waals surface area (Å²) >= 11 is 0. The molecule has 0 saturated carbocycles. The van der Waals surface area contributed by atoms with Gasteiger partial charge < -0.3 is 11.1 Å². The van der Waals surface area contributed by atoms with Crippen LogP contribution in [0.3, 0.4) is 0 Å². The summed E-state index contributed by atoms with van der Waals surface area (Å²) in [4.78, 5) is 37.2. The fraction of sp³-hybridized carbons (Fsp3) is 0.550. The molecule has 0 saturated heterocycles. The molecule has 0 aromatic heterocycles. The maximum atomic E-state index is 12.8. The van der Waals surface area contributed by atoms with Crippen molar-refractivity contribution in [2.45, 2.75) is 58.9 Å². The van der Waals surface area contributed by atoms with Crippen LogP contribution in [0.1, 0.15) is 52.5 Å². The molecule has 5 nitrogen and oxygen atoms in total. The van der Waals surface area contributed by atoms with Crippen molar-refractivity contribution in [3.8, 4) is 0 Å². The SMILES string of the molecule is CCCCC(C(N)=O)[C@H](Cc1ccccc1)C(=O)C(=O)NC(C)(C)C.Cl. The van der Waals surface area contributed by atoms with Crippen molar-refractivity contribution in [2.75, 3.05) is 0 Å². The average Bonchev–Trinajstić information content (AvgIpc) is 2.52. The van der Waals surface area contributed by atoms with Crippen LogP contribution in [0, 0.1) is 11.8 Å². The van der Waals surface area contributed by atoms with Crippen LogP contribution in [0.25, 0.3) is 0 Å². The lowest BCUT2D eigenvalue weighted by molar-refractivity contribution is -0.143. The number of hydrogen-bond acceptors (Lipinski definition) is 3. The molecule has 2 atom stereocenters. The standard InChI is InChI=1S/C20H30N2O3.ClH/c1-5-6-12-15(18(21)24)16(13-14-10-8-7-9-11-14)17(23)19(25)22-20(2,3)4;/h7-11,15-16H,5-6,12-13H2,1-4H3,(H2,21,24)(H,22,25);1H/t15?,16-;/m0./s1. The van der Waals surface area contributed by atoms with Gasteiger partial charge in [-0.25, -0.2) is 0 Å². The fourth-order valence-electron chi connectivity index (χ4n) is 2.82. The van der Waals surface area contributed by atoms with Crippen LogP contribution < -0.4 is 11.1 Å². The van der Waals surface area contributed by atoms with Crippen LogP contribution in [-0.4, -0.2) is 23.1 Å². The molecule has 1 rings (SSSR count). The van der Waals surface area contributed by atoms with Crippen molar-refractivity contribution in [3.05, 3.63) is 35.9 Å². The summed E-state index contributed by atoms with van der Waals surface area (Å²) in [6.45, 7) is 7.45. The summed E-state index contributed by atoms with van der Waals surface area (Å²) in [5, 5.41) is 2.69. The van der Waals surface area contributed by atoms with E-state index in [1.165, 1.54) is 0 Å². The van der Waals surface area contributed by atoms with Gasteiger partial charge in [0, 0.05) is 17.4 Å². The van der Waals surface area contributed by atoms with E-state index in [4.69, 9.17) is 5.73 Å².